The molecule has 1 unspecified atom stereocenters. The van der Waals surface area contributed by atoms with Crippen LogP contribution in [-0.2, 0) is 21.7 Å². The van der Waals surface area contributed by atoms with Gasteiger partial charge in [0.25, 0.3) is 0 Å². The first-order chi connectivity index (χ1) is 6.71. The molecule has 0 saturated carbocycles. The zero-order valence-corrected chi connectivity index (χ0v) is 16.9. The Bertz CT molecular complexity index is 285. The summed E-state index contributed by atoms with van der Waals surface area (Å²) in [6, 6.07) is 0. The molecule has 0 saturated heterocycles. The van der Waals surface area contributed by atoms with Gasteiger partial charge in [-0.05, 0) is 37.2 Å². The first-order valence-electron chi connectivity index (χ1n) is 6.12. The zero-order chi connectivity index (χ0) is 10.7. The van der Waals surface area contributed by atoms with E-state index in [2.05, 4.69) is 27.7 Å². The van der Waals surface area contributed by atoms with Crippen molar-refractivity contribution in [3.8, 4) is 0 Å². The Morgan fingerprint density at radius 3 is 1.65 bits per heavy atom. The van der Waals surface area contributed by atoms with Crippen LogP contribution < -0.4 is 0 Å². The summed E-state index contributed by atoms with van der Waals surface area (Å²) in [6.07, 6.45) is 5.07. The SMILES string of the molecule is CCC1=C([SiH3])C(CC)C(CC)=C1CC.Cl.Cl.[Ti]. The Morgan fingerprint density at radius 2 is 1.35 bits per heavy atom. The Labute approximate surface area is 137 Å². The van der Waals surface area contributed by atoms with E-state index in [0.29, 0.717) is 0 Å². The van der Waals surface area contributed by atoms with Crippen molar-refractivity contribution in [3.63, 3.8) is 0 Å². The van der Waals surface area contributed by atoms with Crippen LogP contribution >= 0.6 is 24.8 Å². The predicted molar refractivity (Wildman–Crippen MR) is 83.1 cm³/mol. The Balaban J connectivity index is -0.000000653. The summed E-state index contributed by atoms with van der Waals surface area (Å²) >= 11 is 0. The summed E-state index contributed by atoms with van der Waals surface area (Å²) in [5, 5.41) is 1.80. The maximum absolute atomic E-state index is 2.34. The Kier molecular flexibility index (Phi) is 14.8. The molecule has 0 N–H and O–H groups in total. The first kappa shape index (κ1) is 23.1. The molecule has 0 aromatic rings. The number of rotatable bonds is 4. The second-order valence-electron chi connectivity index (χ2n) is 4.19. The monoisotopic (exact) mass is 328 g/mol. The second kappa shape index (κ2) is 10.9. The number of hydrogen-bond donors (Lipinski definition) is 0. The zero-order valence-electron chi connectivity index (χ0n) is 11.7. The van der Waals surface area contributed by atoms with E-state index in [1.807, 2.05) is 0 Å². The van der Waals surface area contributed by atoms with Gasteiger partial charge in [-0.25, -0.2) is 0 Å². The Hall–Kier alpha value is 0.991. The summed E-state index contributed by atoms with van der Waals surface area (Å²) in [5.74, 6) is 0.830. The van der Waals surface area contributed by atoms with Gasteiger partial charge >= 0.3 is 0 Å². The fourth-order valence-electron chi connectivity index (χ4n) is 3.06. The number of hydrogen-bond acceptors (Lipinski definition) is 0. The molecule has 0 nitrogen and oxygen atoms in total. The summed E-state index contributed by atoms with van der Waals surface area (Å²) in [6.45, 7) is 9.28. The molecule has 0 aliphatic heterocycles. The van der Waals surface area contributed by atoms with E-state index in [9.17, 15) is 0 Å². The molecule has 0 aromatic carbocycles. The summed E-state index contributed by atoms with van der Waals surface area (Å²) < 4.78 is 0. The van der Waals surface area contributed by atoms with Gasteiger partial charge in [0.1, 0.15) is 0 Å². The normalized spacial score (nSPS) is 18.7. The van der Waals surface area contributed by atoms with Crippen molar-refractivity contribution in [1.29, 1.82) is 0 Å². The predicted octanol–water partition coefficient (Wildman–Crippen LogP) is 4.01. The van der Waals surface area contributed by atoms with Gasteiger partial charge in [-0.3, -0.25) is 0 Å². The third kappa shape index (κ3) is 4.54. The van der Waals surface area contributed by atoms with Crippen molar-refractivity contribution in [1.82, 2.24) is 0 Å². The average Bonchev–Trinajstić information content (AvgIpc) is 2.48. The number of halogens is 2. The van der Waals surface area contributed by atoms with Crippen LogP contribution in [0.5, 0.6) is 0 Å². The van der Waals surface area contributed by atoms with Crippen molar-refractivity contribution < 1.29 is 21.7 Å². The van der Waals surface area contributed by atoms with Gasteiger partial charge in [-0.2, -0.15) is 0 Å². The van der Waals surface area contributed by atoms with Crippen molar-refractivity contribution in [2.45, 2.75) is 53.4 Å². The average molecular weight is 329 g/mol. The van der Waals surface area contributed by atoms with Gasteiger partial charge in [-0.1, -0.05) is 44.0 Å². The number of allylic oxidation sites excluding steroid dienone is 4. The van der Waals surface area contributed by atoms with Crippen LogP contribution in [0.15, 0.2) is 21.9 Å². The molecule has 100 valence electrons. The largest absolute Gasteiger partial charge is 0.147 e. The minimum atomic E-state index is 0. The van der Waals surface area contributed by atoms with Crippen LogP contribution in [0.25, 0.3) is 0 Å². The van der Waals surface area contributed by atoms with Crippen molar-refractivity contribution >= 4 is 35.1 Å². The molecule has 0 heterocycles. The van der Waals surface area contributed by atoms with E-state index in [1.165, 1.54) is 35.9 Å². The molecule has 1 aliphatic rings. The van der Waals surface area contributed by atoms with Crippen LogP contribution in [0.3, 0.4) is 0 Å². The van der Waals surface area contributed by atoms with E-state index in [1.54, 1.807) is 21.9 Å². The van der Waals surface area contributed by atoms with Gasteiger partial charge in [-0.15, -0.1) is 24.8 Å². The maximum Gasteiger partial charge on any atom is 0.0344 e. The van der Waals surface area contributed by atoms with Crippen LogP contribution in [-0.4, -0.2) is 10.2 Å². The standard InChI is InChI=1S/C13H24Si.2ClH.Ti/c1-5-9-10(6-2)12(8-4)13(14)11(9)7-3;;;/h11H,5-8H2,1-4,14H3;2*1H;. The molecule has 0 bridgehead atoms. The molecule has 1 rings (SSSR count). The fraction of sp³-hybridized carbons (Fsp3) is 0.692. The van der Waals surface area contributed by atoms with Crippen LogP contribution in [0.4, 0.5) is 0 Å². The molecule has 1 aliphatic carbocycles. The van der Waals surface area contributed by atoms with Crippen molar-refractivity contribution in [3.05, 3.63) is 21.9 Å². The molecular weight excluding hydrogens is 303 g/mol. The van der Waals surface area contributed by atoms with Gasteiger partial charge in [0.15, 0.2) is 0 Å². The summed E-state index contributed by atoms with van der Waals surface area (Å²) in [7, 11) is 1.26. The van der Waals surface area contributed by atoms with Gasteiger partial charge < -0.3 is 0 Å². The van der Waals surface area contributed by atoms with E-state index in [4.69, 9.17) is 0 Å². The smallest absolute Gasteiger partial charge is 0.0344 e. The van der Waals surface area contributed by atoms with E-state index >= 15 is 0 Å². The van der Waals surface area contributed by atoms with E-state index in [-0.39, 0.29) is 46.5 Å². The van der Waals surface area contributed by atoms with E-state index in [0.717, 1.165) is 5.92 Å². The summed E-state index contributed by atoms with van der Waals surface area (Å²) in [5.41, 5.74) is 5.20. The first-order valence-corrected chi connectivity index (χ1v) is 7.12. The third-order valence-electron chi connectivity index (χ3n) is 3.67. The van der Waals surface area contributed by atoms with Crippen molar-refractivity contribution in [2.24, 2.45) is 5.92 Å². The molecule has 0 amide bonds. The van der Waals surface area contributed by atoms with Gasteiger partial charge in [0.05, 0.1) is 0 Å². The molecule has 1 atom stereocenters. The maximum atomic E-state index is 2.34. The van der Waals surface area contributed by atoms with Crippen molar-refractivity contribution in [2.75, 3.05) is 0 Å². The second-order valence-corrected chi connectivity index (χ2v) is 5.26. The molecule has 0 aromatic heterocycles. The molecular formula is C13H26Cl2SiTi. The third-order valence-corrected chi connectivity index (χ3v) is 4.97. The van der Waals surface area contributed by atoms with Crippen LogP contribution in [0.1, 0.15) is 53.4 Å². The van der Waals surface area contributed by atoms with E-state index < -0.39 is 0 Å². The van der Waals surface area contributed by atoms with Gasteiger partial charge in [0.2, 0.25) is 0 Å². The quantitative estimate of drug-likeness (QED) is 0.684. The Morgan fingerprint density at radius 1 is 0.882 bits per heavy atom. The molecule has 4 heteroatoms. The molecule has 0 spiro atoms. The van der Waals surface area contributed by atoms with Gasteiger partial charge in [0, 0.05) is 32.0 Å². The minimum absolute atomic E-state index is 0. The fourth-order valence-corrected chi connectivity index (χ4v) is 4.47. The topological polar surface area (TPSA) is 0 Å². The molecule has 17 heavy (non-hydrogen) atoms. The summed E-state index contributed by atoms with van der Waals surface area (Å²) in [4.78, 5) is 0. The van der Waals surface area contributed by atoms with Crippen LogP contribution in [0, 0.1) is 5.92 Å². The molecule has 0 fully saturated rings. The molecule has 0 radical (unpaired) electrons. The van der Waals surface area contributed by atoms with Crippen LogP contribution in [0.2, 0.25) is 0 Å². The minimum Gasteiger partial charge on any atom is -0.147 e.